The van der Waals surface area contributed by atoms with Gasteiger partial charge in [0.1, 0.15) is 17.9 Å². The summed E-state index contributed by atoms with van der Waals surface area (Å²) in [7, 11) is 0. The fourth-order valence-electron chi connectivity index (χ4n) is 3.18. The van der Waals surface area contributed by atoms with Crippen LogP contribution in [0.5, 0.6) is 11.8 Å². The van der Waals surface area contributed by atoms with Crippen molar-refractivity contribution in [3.8, 4) is 23.0 Å². The molecule has 148 valence electrons. The Balaban J connectivity index is 1.48. The predicted octanol–water partition coefficient (Wildman–Crippen LogP) is 5.09. The zero-order valence-corrected chi connectivity index (χ0v) is 16.1. The Hall–Kier alpha value is -4.00. The smallest absolute Gasteiger partial charge is 0.324 e. The highest BCUT2D eigenvalue weighted by Crippen LogP contribution is 2.39. The number of anilines is 2. The van der Waals surface area contributed by atoms with Crippen molar-refractivity contribution in [1.29, 1.82) is 0 Å². The normalized spacial score (nSPS) is 13.1. The number of nitrogens with one attached hydrogen (secondary N) is 2. The molecule has 0 amide bonds. The fourth-order valence-corrected chi connectivity index (χ4v) is 3.18. The Morgan fingerprint density at radius 1 is 0.967 bits per heavy atom. The van der Waals surface area contributed by atoms with E-state index in [1.807, 2.05) is 42.5 Å². The van der Waals surface area contributed by atoms with Crippen LogP contribution in [0.2, 0.25) is 0 Å². The number of hydrogen-bond donors (Lipinski definition) is 2. The lowest BCUT2D eigenvalue weighted by Gasteiger charge is -2.10. The van der Waals surface area contributed by atoms with Gasteiger partial charge in [0, 0.05) is 34.9 Å². The molecule has 2 aromatic heterocycles. The van der Waals surface area contributed by atoms with Crippen LogP contribution in [0.3, 0.4) is 0 Å². The van der Waals surface area contributed by atoms with Gasteiger partial charge in [-0.15, -0.1) is 0 Å². The maximum atomic E-state index is 11.1. The summed E-state index contributed by atoms with van der Waals surface area (Å²) in [5, 5.41) is 10.7. The topological polar surface area (TPSA) is 92.8 Å². The molecule has 2 N–H and O–H groups in total. The number of aldehydes is 1. The number of rotatable bonds is 7. The second-order valence-electron chi connectivity index (χ2n) is 7.19. The number of aromatic amines is 1. The molecular weight excluding hydrogens is 378 g/mol. The van der Waals surface area contributed by atoms with Crippen LogP contribution in [0.4, 0.5) is 11.6 Å². The standard InChI is InChI=1S/C23H19N5O2/c29-14-15-5-4-8-18(11-15)30-23-24-19(16-6-2-1-3-7-16)12-21(26-23)25-22-13-20(27-28-22)17-9-10-17/h1-8,11-14,17H,9-10H2,(H2,24,25,26,27,28). The Bertz CT molecular complexity index is 1190. The molecule has 4 aromatic rings. The van der Waals surface area contributed by atoms with Crippen molar-refractivity contribution in [2.45, 2.75) is 18.8 Å². The second-order valence-corrected chi connectivity index (χ2v) is 7.19. The molecule has 0 saturated heterocycles. The summed E-state index contributed by atoms with van der Waals surface area (Å²) in [5.74, 6) is 2.34. The van der Waals surface area contributed by atoms with Gasteiger partial charge in [-0.1, -0.05) is 42.5 Å². The summed E-state index contributed by atoms with van der Waals surface area (Å²) < 4.78 is 5.87. The molecule has 30 heavy (non-hydrogen) atoms. The molecule has 1 aliphatic carbocycles. The second kappa shape index (κ2) is 7.79. The Labute approximate surface area is 173 Å². The van der Waals surface area contributed by atoms with Crippen LogP contribution in [0, 0.1) is 0 Å². The van der Waals surface area contributed by atoms with Gasteiger partial charge >= 0.3 is 6.01 Å². The van der Waals surface area contributed by atoms with Gasteiger partial charge in [0.15, 0.2) is 5.82 Å². The number of ether oxygens (including phenoxy) is 1. The van der Waals surface area contributed by atoms with E-state index in [0.717, 1.165) is 17.5 Å². The first-order valence-electron chi connectivity index (χ1n) is 9.77. The number of nitrogens with zero attached hydrogens (tertiary/aromatic N) is 3. The van der Waals surface area contributed by atoms with Crippen molar-refractivity contribution in [3.63, 3.8) is 0 Å². The Morgan fingerprint density at radius 2 is 1.83 bits per heavy atom. The highest BCUT2D eigenvalue weighted by molar-refractivity contribution is 5.75. The maximum absolute atomic E-state index is 11.1. The van der Waals surface area contributed by atoms with Gasteiger partial charge in [-0.25, -0.2) is 0 Å². The molecule has 2 heterocycles. The first-order chi connectivity index (χ1) is 14.8. The summed E-state index contributed by atoms with van der Waals surface area (Å²) in [4.78, 5) is 20.1. The molecule has 0 radical (unpaired) electrons. The van der Waals surface area contributed by atoms with Gasteiger partial charge in [0.05, 0.1) is 5.69 Å². The summed E-state index contributed by atoms with van der Waals surface area (Å²) >= 11 is 0. The van der Waals surface area contributed by atoms with Crippen LogP contribution in [0.25, 0.3) is 11.3 Å². The number of carbonyl (C=O) groups excluding carboxylic acids is 1. The molecule has 0 spiro atoms. The highest BCUT2D eigenvalue weighted by Gasteiger charge is 2.25. The minimum Gasteiger partial charge on any atom is -0.424 e. The molecule has 1 aliphatic rings. The first kappa shape index (κ1) is 18.1. The summed E-state index contributed by atoms with van der Waals surface area (Å²) in [6, 6.07) is 20.7. The zero-order chi connectivity index (χ0) is 20.3. The number of benzene rings is 2. The summed E-state index contributed by atoms with van der Waals surface area (Å²) in [6.07, 6.45) is 3.17. The van der Waals surface area contributed by atoms with Crippen LogP contribution < -0.4 is 10.1 Å². The third-order valence-electron chi connectivity index (χ3n) is 4.85. The fraction of sp³-hybridized carbons (Fsp3) is 0.130. The molecule has 7 heteroatoms. The van der Waals surface area contributed by atoms with Crippen molar-refractivity contribution in [2.75, 3.05) is 5.32 Å². The third kappa shape index (κ3) is 4.05. The molecule has 0 unspecified atom stereocenters. The number of carbonyl (C=O) groups is 1. The quantitative estimate of drug-likeness (QED) is 0.422. The lowest BCUT2D eigenvalue weighted by Crippen LogP contribution is -2.00. The lowest BCUT2D eigenvalue weighted by molar-refractivity contribution is 0.112. The van der Waals surface area contributed by atoms with E-state index in [-0.39, 0.29) is 6.01 Å². The molecule has 7 nitrogen and oxygen atoms in total. The van der Waals surface area contributed by atoms with E-state index in [4.69, 9.17) is 4.74 Å². The van der Waals surface area contributed by atoms with Gasteiger partial charge in [-0.2, -0.15) is 15.1 Å². The largest absolute Gasteiger partial charge is 0.424 e. The van der Waals surface area contributed by atoms with E-state index in [2.05, 4.69) is 25.5 Å². The van der Waals surface area contributed by atoms with Crippen LogP contribution in [0.1, 0.15) is 34.8 Å². The van der Waals surface area contributed by atoms with E-state index in [9.17, 15) is 4.79 Å². The Kier molecular flexibility index (Phi) is 4.69. The van der Waals surface area contributed by atoms with Crippen molar-refractivity contribution >= 4 is 17.9 Å². The minimum absolute atomic E-state index is 0.180. The van der Waals surface area contributed by atoms with Crippen molar-refractivity contribution in [2.24, 2.45) is 0 Å². The molecule has 0 atom stereocenters. The molecule has 2 aromatic carbocycles. The third-order valence-corrected chi connectivity index (χ3v) is 4.85. The number of H-pyrrole nitrogens is 1. The molecular formula is C23H19N5O2. The average molecular weight is 397 g/mol. The van der Waals surface area contributed by atoms with Crippen LogP contribution in [0.15, 0.2) is 66.7 Å². The van der Waals surface area contributed by atoms with Crippen molar-refractivity contribution in [1.82, 2.24) is 20.2 Å². The molecule has 1 fully saturated rings. The van der Waals surface area contributed by atoms with Crippen LogP contribution >= 0.6 is 0 Å². The van der Waals surface area contributed by atoms with Gasteiger partial charge in [0.25, 0.3) is 0 Å². The number of aromatic nitrogens is 4. The van der Waals surface area contributed by atoms with E-state index in [1.54, 1.807) is 24.3 Å². The molecule has 5 rings (SSSR count). The summed E-state index contributed by atoms with van der Waals surface area (Å²) in [6.45, 7) is 0. The maximum Gasteiger partial charge on any atom is 0.324 e. The molecule has 1 saturated carbocycles. The zero-order valence-electron chi connectivity index (χ0n) is 16.1. The monoisotopic (exact) mass is 397 g/mol. The summed E-state index contributed by atoms with van der Waals surface area (Å²) in [5.41, 5.74) is 3.31. The Morgan fingerprint density at radius 3 is 2.63 bits per heavy atom. The van der Waals surface area contributed by atoms with Crippen LogP contribution in [-0.2, 0) is 0 Å². The highest BCUT2D eigenvalue weighted by atomic mass is 16.5. The molecule has 0 bridgehead atoms. The van der Waals surface area contributed by atoms with E-state index in [1.165, 1.54) is 12.8 Å². The van der Waals surface area contributed by atoms with E-state index < -0.39 is 0 Å². The van der Waals surface area contributed by atoms with E-state index >= 15 is 0 Å². The van der Waals surface area contributed by atoms with Gasteiger partial charge in [-0.05, 0) is 25.0 Å². The van der Waals surface area contributed by atoms with Gasteiger partial charge in [-0.3, -0.25) is 9.89 Å². The SMILES string of the molecule is O=Cc1cccc(Oc2nc(Nc3cc(C4CC4)[nH]n3)cc(-c3ccccc3)n2)c1. The minimum atomic E-state index is 0.180. The van der Waals surface area contributed by atoms with Gasteiger partial charge in [0.2, 0.25) is 0 Å². The van der Waals surface area contributed by atoms with E-state index in [0.29, 0.717) is 34.6 Å². The average Bonchev–Trinajstić information content (AvgIpc) is 3.53. The van der Waals surface area contributed by atoms with Crippen LogP contribution in [-0.4, -0.2) is 26.5 Å². The molecule has 0 aliphatic heterocycles. The van der Waals surface area contributed by atoms with Crippen molar-refractivity contribution in [3.05, 3.63) is 78.0 Å². The lowest BCUT2D eigenvalue weighted by atomic mass is 10.1. The number of hydrogen-bond acceptors (Lipinski definition) is 6. The first-order valence-corrected chi connectivity index (χ1v) is 9.77. The van der Waals surface area contributed by atoms with Gasteiger partial charge < -0.3 is 10.1 Å². The predicted molar refractivity (Wildman–Crippen MR) is 113 cm³/mol. The van der Waals surface area contributed by atoms with Crippen molar-refractivity contribution < 1.29 is 9.53 Å².